The number of unbranched alkanes of at least 4 members (excludes halogenated alkanes) is 1. The van der Waals surface area contributed by atoms with Crippen LogP contribution in [0.2, 0.25) is 0 Å². The van der Waals surface area contributed by atoms with Crippen molar-refractivity contribution in [2.45, 2.75) is 61.3 Å². The molecule has 0 aliphatic rings. The molecule has 0 spiro atoms. The molecule has 16 heavy (non-hydrogen) atoms. The van der Waals surface area contributed by atoms with Crippen molar-refractivity contribution in [1.82, 2.24) is 0 Å². The Bertz CT molecular complexity index is 86.7. The molecule has 2 heteroatoms. The molecule has 0 bridgehead atoms. The summed E-state index contributed by atoms with van der Waals surface area (Å²) in [6.07, 6.45) is 6.28. The summed E-state index contributed by atoms with van der Waals surface area (Å²) in [5.41, 5.74) is 0. The van der Waals surface area contributed by atoms with Crippen LogP contribution < -0.4 is 0 Å². The van der Waals surface area contributed by atoms with Crippen LogP contribution in [0.1, 0.15) is 61.3 Å². The Kier molecular flexibility index (Phi) is 56.4. The molecule has 102 valence electrons. The molecular weight excluding hydrogens is 200 g/mol. The van der Waals surface area contributed by atoms with Crippen molar-refractivity contribution in [3.63, 3.8) is 0 Å². The van der Waals surface area contributed by atoms with Crippen molar-refractivity contribution in [3.8, 4) is 0 Å². The van der Waals surface area contributed by atoms with E-state index in [2.05, 4.69) is 32.9 Å². The summed E-state index contributed by atoms with van der Waals surface area (Å²) < 4.78 is 0. The molecule has 0 rings (SSSR count). The van der Waals surface area contributed by atoms with Gasteiger partial charge in [0.25, 0.3) is 0 Å². The first kappa shape index (κ1) is 24.8. The predicted molar refractivity (Wildman–Crippen MR) is 75.8 cm³/mol. The van der Waals surface area contributed by atoms with Crippen LogP contribution in [-0.2, 0) is 0 Å². The number of allylic oxidation sites excluding steroid dienone is 2. The maximum Gasteiger partial charge on any atom is 0.0430 e. The van der Waals surface area contributed by atoms with Gasteiger partial charge in [-0.2, -0.15) is 0 Å². The quantitative estimate of drug-likeness (QED) is 0.724. The van der Waals surface area contributed by atoms with Gasteiger partial charge in [-0.1, -0.05) is 53.2 Å². The molecule has 0 aliphatic carbocycles. The summed E-state index contributed by atoms with van der Waals surface area (Å²) in [6, 6.07) is 0. The fourth-order valence-electron chi connectivity index (χ4n) is 0.543. The van der Waals surface area contributed by atoms with Gasteiger partial charge in [-0.25, -0.2) is 0 Å². The molecule has 2 N–H and O–H groups in total. The van der Waals surface area contributed by atoms with Crippen molar-refractivity contribution in [2.24, 2.45) is 5.92 Å². The van der Waals surface area contributed by atoms with E-state index in [1.54, 1.807) is 6.92 Å². The number of aliphatic hydroxyl groups excluding tert-OH is 2. The number of rotatable bonds is 3. The van der Waals surface area contributed by atoms with Crippen molar-refractivity contribution < 1.29 is 10.2 Å². The lowest BCUT2D eigenvalue weighted by molar-refractivity contribution is 0.287. The number of aliphatic hydroxyl groups is 2. The highest BCUT2D eigenvalue weighted by molar-refractivity contribution is 4.79. The molecule has 0 heterocycles. The molecule has 0 saturated carbocycles. The SMILES string of the molecule is CC.CC=CC(C)C.CCCCO.CCO. The van der Waals surface area contributed by atoms with E-state index in [0.29, 0.717) is 6.61 Å². The molecule has 2 nitrogen and oxygen atoms in total. The van der Waals surface area contributed by atoms with Crippen molar-refractivity contribution in [1.29, 1.82) is 0 Å². The van der Waals surface area contributed by atoms with Gasteiger partial charge in [0.2, 0.25) is 0 Å². The van der Waals surface area contributed by atoms with Gasteiger partial charge in [0.05, 0.1) is 0 Å². The Morgan fingerprint density at radius 3 is 1.44 bits per heavy atom. The van der Waals surface area contributed by atoms with Crippen molar-refractivity contribution in [3.05, 3.63) is 12.2 Å². The Labute approximate surface area is 103 Å². The highest BCUT2D eigenvalue weighted by Crippen LogP contribution is 1.90. The van der Waals surface area contributed by atoms with Gasteiger partial charge in [-0.3, -0.25) is 0 Å². The lowest BCUT2D eigenvalue weighted by atomic mass is 10.2. The van der Waals surface area contributed by atoms with Crippen molar-refractivity contribution in [2.75, 3.05) is 13.2 Å². The molecule has 0 radical (unpaired) electrons. The lowest BCUT2D eigenvalue weighted by Gasteiger charge is -1.86. The van der Waals surface area contributed by atoms with Crippen LogP contribution in [0, 0.1) is 5.92 Å². The fourth-order valence-corrected chi connectivity index (χ4v) is 0.543. The third-order valence-electron chi connectivity index (χ3n) is 1.09. The zero-order valence-corrected chi connectivity index (χ0v) is 12.5. The van der Waals surface area contributed by atoms with E-state index in [1.165, 1.54) is 0 Å². The van der Waals surface area contributed by atoms with Gasteiger partial charge >= 0.3 is 0 Å². The molecule has 0 aliphatic heterocycles. The smallest absolute Gasteiger partial charge is 0.0430 e. The Balaban J connectivity index is -0.0000000653. The first-order valence-electron chi connectivity index (χ1n) is 6.45. The zero-order chi connectivity index (χ0) is 13.8. The highest BCUT2D eigenvalue weighted by Gasteiger charge is 1.76. The monoisotopic (exact) mass is 234 g/mol. The van der Waals surface area contributed by atoms with Crippen LogP contribution in [0.5, 0.6) is 0 Å². The molecule has 0 fully saturated rings. The van der Waals surface area contributed by atoms with Gasteiger partial charge in [0, 0.05) is 13.2 Å². The second-order valence-electron chi connectivity index (χ2n) is 3.16. The average Bonchev–Trinajstić information content (AvgIpc) is 2.24. The molecule has 0 saturated heterocycles. The first-order chi connectivity index (χ1) is 7.60. The molecule has 0 amide bonds. The molecule has 0 unspecified atom stereocenters. The minimum absolute atomic E-state index is 0.250. The molecule has 0 aromatic carbocycles. The third-order valence-corrected chi connectivity index (χ3v) is 1.09. The summed E-state index contributed by atoms with van der Waals surface area (Å²) in [5.74, 6) is 0.718. The van der Waals surface area contributed by atoms with E-state index in [4.69, 9.17) is 10.2 Å². The van der Waals surface area contributed by atoms with E-state index in [-0.39, 0.29) is 6.61 Å². The van der Waals surface area contributed by atoms with Crippen LogP contribution in [0.3, 0.4) is 0 Å². The Hall–Kier alpha value is -0.340. The van der Waals surface area contributed by atoms with Gasteiger partial charge < -0.3 is 10.2 Å². The van der Waals surface area contributed by atoms with Crippen LogP contribution in [0.15, 0.2) is 12.2 Å². The lowest BCUT2D eigenvalue weighted by Crippen LogP contribution is -1.75. The largest absolute Gasteiger partial charge is 0.397 e. The Morgan fingerprint density at radius 1 is 1.06 bits per heavy atom. The van der Waals surface area contributed by atoms with Gasteiger partial charge in [0.1, 0.15) is 0 Å². The number of hydrogen-bond donors (Lipinski definition) is 2. The molecular formula is C14H34O2. The van der Waals surface area contributed by atoms with Crippen molar-refractivity contribution >= 4 is 0 Å². The molecule has 0 atom stereocenters. The fraction of sp³-hybridized carbons (Fsp3) is 0.857. The summed E-state index contributed by atoms with van der Waals surface area (Å²) in [6.45, 7) is 14.7. The molecule has 0 aromatic rings. The van der Waals surface area contributed by atoms with Gasteiger partial charge in [-0.15, -0.1) is 0 Å². The summed E-state index contributed by atoms with van der Waals surface area (Å²) >= 11 is 0. The zero-order valence-electron chi connectivity index (χ0n) is 12.5. The summed E-state index contributed by atoms with van der Waals surface area (Å²) in [5, 5.41) is 15.6. The van der Waals surface area contributed by atoms with Crippen LogP contribution in [0.4, 0.5) is 0 Å². The van der Waals surface area contributed by atoms with Gasteiger partial charge in [0.15, 0.2) is 0 Å². The summed E-state index contributed by atoms with van der Waals surface area (Å²) in [4.78, 5) is 0. The second kappa shape index (κ2) is 36.5. The minimum Gasteiger partial charge on any atom is -0.397 e. The Morgan fingerprint density at radius 2 is 1.44 bits per heavy atom. The van der Waals surface area contributed by atoms with E-state index in [1.807, 2.05) is 20.8 Å². The second-order valence-corrected chi connectivity index (χ2v) is 3.16. The summed E-state index contributed by atoms with van der Waals surface area (Å²) in [7, 11) is 0. The molecule has 0 aromatic heterocycles. The minimum atomic E-state index is 0.250. The first-order valence-corrected chi connectivity index (χ1v) is 6.45. The maximum atomic E-state index is 8.07. The van der Waals surface area contributed by atoms with E-state index < -0.39 is 0 Å². The number of hydrogen-bond acceptors (Lipinski definition) is 2. The van der Waals surface area contributed by atoms with E-state index in [9.17, 15) is 0 Å². The van der Waals surface area contributed by atoms with Crippen LogP contribution in [-0.4, -0.2) is 23.4 Å². The van der Waals surface area contributed by atoms with Crippen LogP contribution in [0.25, 0.3) is 0 Å². The van der Waals surface area contributed by atoms with Crippen LogP contribution >= 0.6 is 0 Å². The third kappa shape index (κ3) is 101. The maximum absolute atomic E-state index is 8.07. The average molecular weight is 234 g/mol. The van der Waals surface area contributed by atoms with E-state index in [0.717, 1.165) is 18.8 Å². The highest BCUT2D eigenvalue weighted by atomic mass is 16.3. The standard InChI is InChI=1S/C6H12.C4H10O.C2H6O.C2H6/c1-4-5-6(2)3;1-2-3-4-5;1-2-3;1-2/h4-6H,1-3H3;5H,2-4H2,1H3;3H,2H2,1H3;1-2H3. The van der Waals surface area contributed by atoms with E-state index >= 15 is 0 Å². The van der Waals surface area contributed by atoms with Gasteiger partial charge in [-0.05, 0) is 26.2 Å². The normalized spacial score (nSPS) is 8.38. The topological polar surface area (TPSA) is 40.5 Å². The predicted octanol–water partition coefficient (Wildman–Crippen LogP) is 4.02.